The van der Waals surface area contributed by atoms with Gasteiger partial charge in [-0.15, -0.1) is 0 Å². The van der Waals surface area contributed by atoms with Crippen LogP contribution in [0.2, 0.25) is 0 Å². The third-order valence-corrected chi connectivity index (χ3v) is 3.29. The molecule has 0 amide bonds. The molecule has 0 rings (SSSR count). The average molecular weight is 288 g/mol. The second-order valence-corrected chi connectivity index (χ2v) is 5.35. The number of hydrogen-bond donors (Lipinski definition) is 2. The molecule has 0 atom stereocenters. The maximum absolute atomic E-state index is 11.8. The Balaban J connectivity index is 0. The summed E-state index contributed by atoms with van der Waals surface area (Å²) in [5.41, 5.74) is 0. The van der Waals surface area contributed by atoms with Crippen LogP contribution in [0.15, 0.2) is 12.2 Å². The molecule has 0 spiro atoms. The standard InChI is InChI=1S/C4H5F4NO4S2.H3N/c5-4(6,7)2-1-3-14(10,11)9-15(8,12)13;/h1-2,9H,3H2;1H3. The molecule has 12 heteroatoms. The van der Waals surface area contributed by atoms with Gasteiger partial charge in [-0.3, -0.25) is 0 Å². The van der Waals surface area contributed by atoms with Gasteiger partial charge in [-0.25, -0.2) is 8.42 Å². The molecule has 0 aliphatic rings. The molecular weight excluding hydrogens is 280 g/mol. The Hall–Kier alpha value is -0.720. The molecule has 0 aromatic heterocycles. The van der Waals surface area contributed by atoms with Crippen LogP contribution in [0, 0.1) is 0 Å². The second kappa shape index (κ2) is 5.56. The zero-order valence-electron chi connectivity index (χ0n) is 7.53. The summed E-state index contributed by atoms with van der Waals surface area (Å²) in [4.78, 5) is 0. The van der Waals surface area contributed by atoms with Crippen LogP contribution < -0.4 is 10.3 Å². The first-order valence-corrected chi connectivity index (χ1v) is 6.15. The molecule has 0 aromatic carbocycles. The molecular formula is C4H8F4N2O4S2. The van der Waals surface area contributed by atoms with E-state index >= 15 is 0 Å². The summed E-state index contributed by atoms with van der Waals surface area (Å²) in [6.07, 6.45) is -4.98. The summed E-state index contributed by atoms with van der Waals surface area (Å²) in [5, 5.41) is 0. The van der Waals surface area contributed by atoms with Gasteiger partial charge in [0, 0.05) is 6.08 Å². The van der Waals surface area contributed by atoms with Gasteiger partial charge in [-0.1, -0.05) is 14.1 Å². The number of rotatable bonds is 4. The summed E-state index contributed by atoms with van der Waals surface area (Å²) in [7, 11) is -10.2. The van der Waals surface area contributed by atoms with Crippen LogP contribution >= 0.6 is 0 Å². The molecule has 0 aromatic rings. The van der Waals surface area contributed by atoms with Gasteiger partial charge in [-0.2, -0.15) is 21.6 Å². The highest BCUT2D eigenvalue weighted by Crippen LogP contribution is 2.15. The molecule has 0 saturated carbocycles. The van der Waals surface area contributed by atoms with Gasteiger partial charge in [-0.05, 0) is 0 Å². The van der Waals surface area contributed by atoms with Gasteiger partial charge in [0.2, 0.25) is 10.0 Å². The zero-order valence-corrected chi connectivity index (χ0v) is 9.16. The highest BCUT2D eigenvalue weighted by atomic mass is 32.3. The van der Waals surface area contributed by atoms with Crippen molar-refractivity contribution in [1.82, 2.24) is 10.3 Å². The molecule has 0 radical (unpaired) electrons. The van der Waals surface area contributed by atoms with Crippen LogP contribution in [-0.2, 0) is 20.4 Å². The van der Waals surface area contributed by atoms with Crippen LogP contribution in [0.4, 0.5) is 17.1 Å². The van der Waals surface area contributed by atoms with E-state index in [1.54, 1.807) is 0 Å². The minimum Gasteiger partial charge on any atom is -0.344 e. The van der Waals surface area contributed by atoms with E-state index < -0.39 is 38.4 Å². The molecule has 0 aliphatic carbocycles. The Bertz CT molecular complexity index is 437. The van der Waals surface area contributed by atoms with Crippen LogP contribution in [-0.4, -0.2) is 28.8 Å². The summed E-state index contributed by atoms with van der Waals surface area (Å²) in [6.45, 7) is 0. The van der Waals surface area contributed by atoms with E-state index in [4.69, 9.17) is 0 Å². The maximum Gasteiger partial charge on any atom is 0.409 e. The number of nitrogens with one attached hydrogen (secondary N) is 1. The Kier molecular flexibility index (Phi) is 6.14. The fourth-order valence-corrected chi connectivity index (χ4v) is 2.33. The highest BCUT2D eigenvalue weighted by molar-refractivity contribution is 8.02. The molecule has 0 bridgehead atoms. The lowest BCUT2D eigenvalue weighted by atomic mass is 10.5. The Labute approximate surface area is 89.3 Å². The van der Waals surface area contributed by atoms with Crippen molar-refractivity contribution in [2.75, 3.05) is 5.75 Å². The van der Waals surface area contributed by atoms with E-state index in [-0.39, 0.29) is 12.2 Å². The monoisotopic (exact) mass is 288 g/mol. The second-order valence-electron chi connectivity index (χ2n) is 2.25. The quantitative estimate of drug-likeness (QED) is 0.441. The fourth-order valence-electron chi connectivity index (χ4n) is 0.494. The van der Waals surface area contributed by atoms with Crippen molar-refractivity contribution in [2.24, 2.45) is 0 Å². The fraction of sp³-hybridized carbons (Fsp3) is 0.500. The molecule has 4 N–H and O–H groups in total. The van der Waals surface area contributed by atoms with Gasteiger partial charge < -0.3 is 6.15 Å². The van der Waals surface area contributed by atoms with E-state index in [1.807, 2.05) is 0 Å². The lowest BCUT2D eigenvalue weighted by molar-refractivity contribution is -0.0799. The zero-order chi connectivity index (χ0) is 12.3. The van der Waals surface area contributed by atoms with E-state index in [0.29, 0.717) is 4.13 Å². The SMILES string of the molecule is N.O=S(=O)(F)NS(=O)(=O)CC=CC(F)(F)F. The minimum atomic E-state index is -5.50. The van der Waals surface area contributed by atoms with Crippen LogP contribution in [0.3, 0.4) is 0 Å². The normalized spacial score (nSPS) is 13.8. The lowest BCUT2D eigenvalue weighted by Gasteiger charge is -1.99. The van der Waals surface area contributed by atoms with Crippen molar-refractivity contribution in [3.8, 4) is 0 Å². The highest BCUT2D eigenvalue weighted by Gasteiger charge is 2.23. The Morgan fingerprint density at radius 2 is 1.56 bits per heavy atom. The van der Waals surface area contributed by atoms with E-state index in [1.165, 1.54) is 0 Å². The van der Waals surface area contributed by atoms with E-state index in [9.17, 15) is 33.9 Å². The number of hydrogen-bond acceptors (Lipinski definition) is 5. The minimum absolute atomic E-state index is 0. The smallest absolute Gasteiger partial charge is 0.344 e. The van der Waals surface area contributed by atoms with Crippen molar-refractivity contribution in [2.45, 2.75) is 6.18 Å². The molecule has 16 heavy (non-hydrogen) atoms. The number of halogens is 4. The predicted octanol–water partition coefficient (Wildman–Crippen LogP) is 0.401. The molecule has 98 valence electrons. The van der Waals surface area contributed by atoms with Crippen LogP contribution in [0.5, 0.6) is 0 Å². The molecule has 6 nitrogen and oxygen atoms in total. The number of alkyl halides is 3. The molecule has 0 unspecified atom stereocenters. The third-order valence-electron chi connectivity index (χ3n) is 0.849. The molecule has 0 aliphatic heterocycles. The Morgan fingerprint density at radius 3 is 1.88 bits per heavy atom. The van der Waals surface area contributed by atoms with Crippen molar-refractivity contribution >= 4 is 20.4 Å². The summed E-state index contributed by atoms with van der Waals surface area (Å²) >= 11 is 0. The van der Waals surface area contributed by atoms with Crippen molar-refractivity contribution < 1.29 is 33.9 Å². The first-order valence-electron chi connectivity index (χ1n) is 3.12. The van der Waals surface area contributed by atoms with Crippen molar-refractivity contribution in [3.63, 3.8) is 0 Å². The molecule has 0 heterocycles. The predicted molar refractivity (Wildman–Crippen MR) is 47.2 cm³/mol. The first-order chi connectivity index (χ1) is 6.41. The summed E-state index contributed by atoms with van der Waals surface area (Å²) < 4.78 is 87.5. The van der Waals surface area contributed by atoms with Crippen LogP contribution in [0.1, 0.15) is 0 Å². The average Bonchev–Trinajstić information content (AvgIpc) is 1.75. The maximum atomic E-state index is 11.8. The molecule has 0 fully saturated rings. The molecule has 0 saturated heterocycles. The van der Waals surface area contributed by atoms with Gasteiger partial charge >= 0.3 is 16.6 Å². The van der Waals surface area contributed by atoms with Gasteiger partial charge in [0.15, 0.2) is 0 Å². The van der Waals surface area contributed by atoms with Gasteiger partial charge in [0.05, 0.1) is 5.75 Å². The third kappa shape index (κ3) is 11.4. The first kappa shape index (κ1) is 17.7. The lowest BCUT2D eigenvalue weighted by Crippen LogP contribution is -2.29. The number of sulfonamides is 1. The van der Waals surface area contributed by atoms with Gasteiger partial charge in [0.1, 0.15) is 0 Å². The Morgan fingerprint density at radius 1 is 1.12 bits per heavy atom. The van der Waals surface area contributed by atoms with Crippen molar-refractivity contribution in [1.29, 1.82) is 0 Å². The topological polar surface area (TPSA) is 115 Å². The van der Waals surface area contributed by atoms with Crippen LogP contribution in [0.25, 0.3) is 0 Å². The van der Waals surface area contributed by atoms with Gasteiger partial charge in [0.25, 0.3) is 0 Å². The summed E-state index contributed by atoms with van der Waals surface area (Å²) in [6, 6.07) is 0. The van der Waals surface area contributed by atoms with Crippen molar-refractivity contribution in [3.05, 3.63) is 12.2 Å². The summed E-state index contributed by atoms with van der Waals surface area (Å²) in [5.74, 6) is -1.30. The van der Waals surface area contributed by atoms with E-state index in [2.05, 4.69) is 0 Å². The van der Waals surface area contributed by atoms with E-state index in [0.717, 1.165) is 0 Å². The number of allylic oxidation sites excluding steroid dienone is 1. The largest absolute Gasteiger partial charge is 0.409 e.